The first-order valence-corrected chi connectivity index (χ1v) is 6.87. The zero-order chi connectivity index (χ0) is 12.5. The average Bonchev–Trinajstić information content (AvgIpc) is 2.35. The molecule has 0 aromatic carbocycles. The predicted molar refractivity (Wildman–Crippen MR) is 68.8 cm³/mol. The summed E-state index contributed by atoms with van der Waals surface area (Å²) in [5.74, 6) is 0.204. The number of carbonyl (C=O) groups excluding carboxylic acids is 1. The van der Waals surface area contributed by atoms with Crippen LogP contribution in [0.2, 0.25) is 0 Å². The maximum atomic E-state index is 12.1. The number of nitrogens with two attached hydrogens (primary N) is 1. The molecule has 4 nitrogen and oxygen atoms in total. The van der Waals surface area contributed by atoms with Gasteiger partial charge in [-0.15, -0.1) is 0 Å². The average molecular weight is 242 g/mol. The molecule has 1 amide bonds. The monoisotopic (exact) mass is 242 g/mol. The van der Waals surface area contributed by atoms with E-state index in [9.17, 15) is 4.79 Å². The summed E-state index contributed by atoms with van der Waals surface area (Å²) in [5, 5.41) is 0. The number of carbonyl (C=O) groups is 1. The van der Waals surface area contributed by atoms with Crippen molar-refractivity contribution in [1.82, 2.24) is 4.90 Å². The number of ether oxygens (including phenoxy) is 1. The maximum absolute atomic E-state index is 12.1. The zero-order valence-electron chi connectivity index (χ0n) is 11.0. The van der Waals surface area contributed by atoms with E-state index in [1.54, 1.807) is 0 Å². The third kappa shape index (κ3) is 5.50. The Balaban J connectivity index is 2.34. The molecule has 0 aromatic heterocycles. The summed E-state index contributed by atoms with van der Waals surface area (Å²) in [7, 11) is 0. The lowest BCUT2D eigenvalue weighted by atomic mass is 10.1. The van der Waals surface area contributed by atoms with Crippen LogP contribution in [0.15, 0.2) is 0 Å². The summed E-state index contributed by atoms with van der Waals surface area (Å²) in [6, 6.07) is 0. The second kappa shape index (κ2) is 8.48. The van der Waals surface area contributed by atoms with Gasteiger partial charge in [-0.2, -0.15) is 0 Å². The number of unbranched alkanes of at least 4 members (excludes halogenated alkanes) is 1. The molecule has 0 aliphatic carbocycles. The van der Waals surface area contributed by atoms with Gasteiger partial charge in [0.1, 0.15) is 0 Å². The highest BCUT2D eigenvalue weighted by Gasteiger charge is 2.20. The van der Waals surface area contributed by atoms with E-state index in [4.69, 9.17) is 10.5 Å². The van der Waals surface area contributed by atoms with Crippen molar-refractivity contribution in [2.75, 3.05) is 26.2 Å². The van der Waals surface area contributed by atoms with Crippen molar-refractivity contribution in [2.45, 2.75) is 51.6 Å². The third-order valence-corrected chi connectivity index (χ3v) is 3.21. The van der Waals surface area contributed by atoms with Crippen LogP contribution in [0.5, 0.6) is 0 Å². The van der Waals surface area contributed by atoms with Gasteiger partial charge in [-0.25, -0.2) is 0 Å². The lowest BCUT2D eigenvalue weighted by Gasteiger charge is -2.27. The molecule has 17 heavy (non-hydrogen) atoms. The van der Waals surface area contributed by atoms with Gasteiger partial charge in [0.2, 0.25) is 5.91 Å². The smallest absolute Gasteiger partial charge is 0.225 e. The van der Waals surface area contributed by atoms with Crippen LogP contribution in [-0.4, -0.2) is 43.2 Å². The fourth-order valence-electron chi connectivity index (χ4n) is 2.16. The molecule has 0 aromatic rings. The molecule has 1 rings (SSSR count). The van der Waals surface area contributed by atoms with E-state index in [0.717, 1.165) is 38.8 Å². The molecule has 2 N–H and O–H groups in total. The molecule has 1 aliphatic heterocycles. The normalized spacial score (nSPS) is 20.2. The standard InChI is InChI=1S/C13H26N2O2/c1-2-3-8-15(9-7-14)13(16)11-12-6-4-5-10-17-12/h12H,2-11,14H2,1H3. The highest BCUT2D eigenvalue weighted by atomic mass is 16.5. The molecular formula is C13H26N2O2. The van der Waals surface area contributed by atoms with Gasteiger partial charge in [0.25, 0.3) is 0 Å². The fraction of sp³-hybridized carbons (Fsp3) is 0.923. The molecule has 0 bridgehead atoms. The Morgan fingerprint density at radius 3 is 2.82 bits per heavy atom. The van der Waals surface area contributed by atoms with Crippen molar-refractivity contribution >= 4 is 5.91 Å². The number of rotatable bonds is 7. The largest absolute Gasteiger partial charge is 0.378 e. The van der Waals surface area contributed by atoms with Crippen molar-refractivity contribution in [3.05, 3.63) is 0 Å². The van der Waals surface area contributed by atoms with Gasteiger partial charge in [0.15, 0.2) is 0 Å². The highest BCUT2D eigenvalue weighted by molar-refractivity contribution is 5.76. The molecule has 0 saturated carbocycles. The SMILES string of the molecule is CCCCN(CCN)C(=O)CC1CCCCO1. The Labute approximate surface area is 104 Å². The third-order valence-electron chi connectivity index (χ3n) is 3.21. The zero-order valence-corrected chi connectivity index (χ0v) is 11.0. The molecule has 1 aliphatic rings. The van der Waals surface area contributed by atoms with Crippen molar-refractivity contribution in [3.63, 3.8) is 0 Å². The highest BCUT2D eigenvalue weighted by Crippen LogP contribution is 2.16. The Kier molecular flexibility index (Phi) is 7.21. The van der Waals surface area contributed by atoms with Gasteiger partial charge in [0, 0.05) is 26.2 Å². The summed E-state index contributed by atoms with van der Waals surface area (Å²) in [6.45, 7) is 4.99. The van der Waals surface area contributed by atoms with Crippen LogP contribution in [0.3, 0.4) is 0 Å². The van der Waals surface area contributed by atoms with Crippen molar-refractivity contribution < 1.29 is 9.53 Å². The topological polar surface area (TPSA) is 55.6 Å². The van der Waals surface area contributed by atoms with Crippen LogP contribution in [0.1, 0.15) is 45.4 Å². The molecule has 1 saturated heterocycles. The van der Waals surface area contributed by atoms with E-state index < -0.39 is 0 Å². The minimum Gasteiger partial charge on any atom is -0.378 e. The molecule has 1 unspecified atom stereocenters. The molecule has 100 valence electrons. The number of nitrogens with zero attached hydrogens (tertiary/aromatic N) is 1. The number of hydrogen-bond acceptors (Lipinski definition) is 3. The Morgan fingerprint density at radius 2 is 2.24 bits per heavy atom. The minimum absolute atomic E-state index is 0.137. The minimum atomic E-state index is 0.137. The summed E-state index contributed by atoms with van der Waals surface area (Å²) < 4.78 is 5.60. The number of hydrogen-bond donors (Lipinski definition) is 1. The van der Waals surface area contributed by atoms with Crippen LogP contribution < -0.4 is 5.73 Å². The Hall–Kier alpha value is -0.610. The van der Waals surface area contributed by atoms with Crippen molar-refractivity contribution in [2.24, 2.45) is 5.73 Å². The van der Waals surface area contributed by atoms with E-state index in [1.165, 1.54) is 6.42 Å². The lowest BCUT2D eigenvalue weighted by molar-refractivity contribution is -0.135. The second-order valence-corrected chi connectivity index (χ2v) is 4.72. The van der Waals surface area contributed by atoms with Gasteiger partial charge in [-0.3, -0.25) is 4.79 Å². The molecule has 0 spiro atoms. The molecule has 4 heteroatoms. The van der Waals surface area contributed by atoms with Crippen molar-refractivity contribution in [1.29, 1.82) is 0 Å². The van der Waals surface area contributed by atoms with Crippen LogP contribution in [-0.2, 0) is 9.53 Å². The Morgan fingerprint density at radius 1 is 1.41 bits per heavy atom. The van der Waals surface area contributed by atoms with Gasteiger partial charge < -0.3 is 15.4 Å². The van der Waals surface area contributed by atoms with E-state index in [2.05, 4.69) is 6.92 Å². The Bertz CT molecular complexity index is 215. The lowest BCUT2D eigenvalue weighted by Crippen LogP contribution is -2.38. The first-order valence-electron chi connectivity index (χ1n) is 6.87. The van der Waals surface area contributed by atoms with Gasteiger partial charge in [-0.05, 0) is 25.7 Å². The first-order chi connectivity index (χ1) is 8.27. The van der Waals surface area contributed by atoms with Crippen LogP contribution in [0.4, 0.5) is 0 Å². The summed E-state index contributed by atoms with van der Waals surface area (Å²) in [4.78, 5) is 14.0. The van der Waals surface area contributed by atoms with E-state index >= 15 is 0 Å². The molecular weight excluding hydrogens is 216 g/mol. The van der Waals surface area contributed by atoms with Crippen LogP contribution >= 0.6 is 0 Å². The van der Waals surface area contributed by atoms with Crippen LogP contribution in [0.25, 0.3) is 0 Å². The molecule has 1 fully saturated rings. The summed E-state index contributed by atoms with van der Waals surface area (Å²) in [5.41, 5.74) is 5.55. The van der Waals surface area contributed by atoms with Gasteiger partial charge in [0.05, 0.1) is 12.5 Å². The maximum Gasteiger partial charge on any atom is 0.225 e. The van der Waals surface area contributed by atoms with Crippen molar-refractivity contribution in [3.8, 4) is 0 Å². The molecule has 0 radical (unpaired) electrons. The predicted octanol–water partition coefficient (Wildman–Crippen LogP) is 1.53. The molecule has 1 atom stereocenters. The summed E-state index contributed by atoms with van der Waals surface area (Å²) in [6.07, 6.45) is 6.17. The second-order valence-electron chi connectivity index (χ2n) is 4.72. The number of amides is 1. The molecule has 1 heterocycles. The van der Waals surface area contributed by atoms with Gasteiger partial charge in [-0.1, -0.05) is 13.3 Å². The van der Waals surface area contributed by atoms with E-state index in [-0.39, 0.29) is 12.0 Å². The van der Waals surface area contributed by atoms with Crippen LogP contribution in [0, 0.1) is 0 Å². The van der Waals surface area contributed by atoms with E-state index in [1.807, 2.05) is 4.90 Å². The fourth-order valence-corrected chi connectivity index (χ4v) is 2.16. The van der Waals surface area contributed by atoms with E-state index in [0.29, 0.717) is 19.5 Å². The van der Waals surface area contributed by atoms with Gasteiger partial charge >= 0.3 is 0 Å². The quantitative estimate of drug-likeness (QED) is 0.736. The summed E-state index contributed by atoms with van der Waals surface area (Å²) >= 11 is 0. The first kappa shape index (κ1) is 14.5.